The number of ether oxygens (including phenoxy) is 1. The Bertz CT molecular complexity index is 992. The number of rotatable bonds is 9. The Morgan fingerprint density at radius 2 is 1.94 bits per heavy atom. The van der Waals surface area contributed by atoms with Gasteiger partial charge in [-0.3, -0.25) is 9.48 Å². The lowest BCUT2D eigenvalue weighted by atomic mass is 10.1. The number of aromatic nitrogens is 4. The largest absolute Gasteiger partial charge is 0.465 e. The number of carbonyl (C=O) groups is 1. The van der Waals surface area contributed by atoms with Gasteiger partial charge >= 0.3 is 12.4 Å². The third-order valence-electron chi connectivity index (χ3n) is 4.83. The highest BCUT2D eigenvalue weighted by atomic mass is 19.4. The van der Waals surface area contributed by atoms with E-state index in [1.165, 1.54) is 17.9 Å². The van der Waals surface area contributed by atoms with Crippen molar-refractivity contribution in [3.63, 3.8) is 0 Å². The van der Waals surface area contributed by atoms with Gasteiger partial charge in [-0.1, -0.05) is 0 Å². The van der Waals surface area contributed by atoms with Crippen molar-refractivity contribution in [1.29, 1.82) is 0 Å². The normalized spacial score (nSPS) is 14.9. The topological polar surface area (TPSA) is 97.2 Å². The molecule has 1 amide bonds. The van der Waals surface area contributed by atoms with Gasteiger partial charge in [0.1, 0.15) is 17.1 Å². The predicted octanol–water partition coefficient (Wildman–Crippen LogP) is 3.73. The molecule has 9 nitrogen and oxygen atoms in total. The molecule has 3 rings (SSSR count). The molecule has 1 aliphatic heterocycles. The smallest absolute Gasteiger partial charge is 0.422 e. The number of halogens is 6. The lowest BCUT2D eigenvalue weighted by Crippen LogP contribution is -2.36. The molecule has 2 aromatic rings. The van der Waals surface area contributed by atoms with E-state index in [0.717, 1.165) is 12.8 Å². The van der Waals surface area contributed by atoms with Gasteiger partial charge < -0.3 is 20.3 Å². The molecule has 0 unspecified atom stereocenters. The quantitative estimate of drug-likeness (QED) is 0.404. The second kappa shape index (κ2) is 10.3. The molecule has 0 saturated carbocycles. The van der Waals surface area contributed by atoms with Crippen LogP contribution in [0.1, 0.15) is 31.2 Å². The summed E-state index contributed by atoms with van der Waals surface area (Å²) in [5, 5.41) is 8.90. The first-order chi connectivity index (χ1) is 15.9. The van der Waals surface area contributed by atoms with Crippen LogP contribution in [0.25, 0.3) is 0 Å². The first-order valence-corrected chi connectivity index (χ1v) is 10.4. The molecule has 1 fully saturated rings. The van der Waals surface area contributed by atoms with Crippen molar-refractivity contribution < 1.29 is 35.9 Å². The van der Waals surface area contributed by atoms with E-state index in [0.29, 0.717) is 32.1 Å². The zero-order valence-corrected chi connectivity index (χ0v) is 18.1. The molecule has 0 bridgehead atoms. The summed E-state index contributed by atoms with van der Waals surface area (Å²) < 4.78 is 83.4. The van der Waals surface area contributed by atoms with E-state index < -0.39 is 36.2 Å². The Kier molecular flexibility index (Phi) is 7.71. The molecule has 0 aliphatic carbocycles. The number of alkyl halides is 6. The number of hydrogen-bond donors (Lipinski definition) is 2. The summed E-state index contributed by atoms with van der Waals surface area (Å²) in [6.07, 6.45) is -4.91. The van der Waals surface area contributed by atoms with E-state index in [2.05, 4.69) is 30.4 Å². The SMILES string of the molecule is Cn1cc(Nc2ncc(C(F)(F)F)c(NCCCN3CCCCC3=O)n2)c(OCC(F)(F)F)n1. The van der Waals surface area contributed by atoms with Crippen molar-refractivity contribution in [2.24, 2.45) is 7.05 Å². The van der Waals surface area contributed by atoms with E-state index in [-0.39, 0.29) is 24.1 Å². The average Bonchev–Trinajstić information content (AvgIpc) is 3.08. The highest BCUT2D eigenvalue weighted by molar-refractivity contribution is 5.76. The van der Waals surface area contributed by atoms with E-state index in [4.69, 9.17) is 0 Å². The maximum atomic E-state index is 13.4. The van der Waals surface area contributed by atoms with Crippen LogP contribution in [0.15, 0.2) is 12.4 Å². The van der Waals surface area contributed by atoms with Crippen LogP contribution in [-0.2, 0) is 18.0 Å². The van der Waals surface area contributed by atoms with E-state index >= 15 is 0 Å². The van der Waals surface area contributed by atoms with Crippen LogP contribution in [0.2, 0.25) is 0 Å². The van der Waals surface area contributed by atoms with Crippen molar-refractivity contribution >= 4 is 23.4 Å². The Hall–Kier alpha value is -3.26. The molecular formula is C19H23F6N7O2. The number of carbonyl (C=O) groups excluding carboxylic acids is 1. The summed E-state index contributed by atoms with van der Waals surface area (Å²) in [6.45, 7) is -0.466. The van der Waals surface area contributed by atoms with Gasteiger partial charge in [0.05, 0.1) is 6.20 Å². The Labute approximate surface area is 190 Å². The van der Waals surface area contributed by atoms with Crippen LogP contribution in [0.5, 0.6) is 5.88 Å². The molecule has 1 saturated heterocycles. The predicted molar refractivity (Wildman–Crippen MR) is 109 cm³/mol. The number of piperidine rings is 1. The lowest BCUT2D eigenvalue weighted by molar-refractivity contribution is -0.154. The number of nitrogens with zero attached hydrogens (tertiary/aromatic N) is 5. The second-order valence-corrected chi connectivity index (χ2v) is 7.62. The third kappa shape index (κ3) is 7.12. The average molecular weight is 495 g/mol. The fraction of sp³-hybridized carbons (Fsp3) is 0.579. The van der Waals surface area contributed by atoms with Crippen LogP contribution in [0.3, 0.4) is 0 Å². The molecule has 0 aromatic carbocycles. The molecule has 0 spiro atoms. The fourth-order valence-electron chi connectivity index (χ4n) is 3.29. The van der Waals surface area contributed by atoms with Crippen LogP contribution in [0.4, 0.5) is 43.8 Å². The van der Waals surface area contributed by atoms with Gasteiger partial charge in [0.15, 0.2) is 6.61 Å². The minimum Gasteiger partial charge on any atom is -0.465 e. The molecule has 188 valence electrons. The first kappa shape index (κ1) is 25.4. The van der Waals surface area contributed by atoms with Gasteiger partial charge in [-0.15, -0.1) is 5.10 Å². The monoisotopic (exact) mass is 495 g/mol. The minimum absolute atomic E-state index is 0.0239. The number of nitrogens with one attached hydrogen (secondary N) is 2. The molecule has 1 aliphatic rings. The zero-order valence-electron chi connectivity index (χ0n) is 18.1. The van der Waals surface area contributed by atoms with Crippen molar-refractivity contribution in [1.82, 2.24) is 24.6 Å². The van der Waals surface area contributed by atoms with Crippen molar-refractivity contribution in [3.05, 3.63) is 18.0 Å². The Morgan fingerprint density at radius 1 is 1.18 bits per heavy atom. The molecule has 2 N–H and O–H groups in total. The summed E-state index contributed by atoms with van der Waals surface area (Å²) in [5.74, 6) is -1.19. The highest BCUT2D eigenvalue weighted by Crippen LogP contribution is 2.34. The van der Waals surface area contributed by atoms with Gasteiger partial charge in [0.25, 0.3) is 5.88 Å². The molecular weight excluding hydrogens is 472 g/mol. The number of aryl methyl sites for hydroxylation is 1. The van der Waals surface area contributed by atoms with Crippen molar-refractivity contribution in [2.75, 3.05) is 36.9 Å². The summed E-state index contributed by atoms with van der Waals surface area (Å²) in [5.41, 5.74) is -1.16. The first-order valence-electron chi connectivity index (χ1n) is 10.4. The number of amides is 1. The van der Waals surface area contributed by atoms with Gasteiger partial charge in [0.2, 0.25) is 11.9 Å². The lowest BCUT2D eigenvalue weighted by Gasteiger charge is -2.26. The minimum atomic E-state index is -4.74. The maximum absolute atomic E-state index is 13.4. The van der Waals surface area contributed by atoms with Gasteiger partial charge in [0, 0.05) is 39.3 Å². The number of hydrogen-bond acceptors (Lipinski definition) is 7. The molecule has 15 heteroatoms. The summed E-state index contributed by atoms with van der Waals surface area (Å²) in [6, 6.07) is 0. The van der Waals surface area contributed by atoms with E-state index in [1.54, 1.807) is 4.90 Å². The van der Waals surface area contributed by atoms with E-state index in [9.17, 15) is 31.1 Å². The van der Waals surface area contributed by atoms with E-state index in [1.807, 2.05) is 0 Å². The molecule has 2 aromatic heterocycles. The molecule has 3 heterocycles. The number of likely N-dealkylation sites (tertiary alicyclic amines) is 1. The summed E-state index contributed by atoms with van der Waals surface area (Å²) in [7, 11) is 1.43. The Morgan fingerprint density at radius 3 is 2.62 bits per heavy atom. The van der Waals surface area contributed by atoms with Crippen molar-refractivity contribution in [3.8, 4) is 5.88 Å². The molecule has 0 radical (unpaired) electrons. The summed E-state index contributed by atoms with van der Waals surface area (Å²) in [4.78, 5) is 21.0. The highest BCUT2D eigenvalue weighted by Gasteiger charge is 2.35. The second-order valence-electron chi connectivity index (χ2n) is 7.62. The number of anilines is 3. The van der Waals surface area contributed by atoms with Crippen LogP contribution in [0, 0.1) is 0 Å². The fourth-order valence-corrected chi connectivity index (χ4v) is 3.29. The van der Waals surface area contributed by atoms with Crippen molar-refractivity contribution in [2.45, 2.75) is 38.0 Å². The molecule has 34 heavy (non-hydrogen) atoms. The van der Waals surface area contributed by atoms with Crippen LogP contribution >= 0.6 is 0 Å². The standard InChI is InChI=1S/C19H23F6N7O2/c1-31-10-13(16(30-31)34-11-18(20,21)22)28-17-27-9-12(19(23,24)25)15(29-17)26-6-4-8-32-7-3-2-5-14(32)33/h9-10H,2-8,11H2,1H3,(H2,26,27,28,29). The van der Waals surface area contributed by atoms with Gasteiger partial charge in [-0.05, 0) is 19.3 Å². The maximum Gasteiger partial charge on any atom is 0.422 e. The van der Waals surface area contributed by atoms with Crippen LogP contribution in [-0.4, -0.2) is 63.0 Å². The third-order valence-corrected chi connectivity index (χ3v) is 4.83. The summed E-state index contributed by atoms with van der Waals surface area (Å²) >= 11 is 0. The zero-order chi connectivity index (χ0) is 24.9. The Balaban J connectivity index is 1.70. The van der Waals surface area contributed by atoms with Crippen LogP contribution < -0.4 is 15.4 Å². The molecule has 0 atom stereocenters. The van der Waals surface area contributed by atoms with Gasteiger partial charge in [-0.2, -0.15) is 31.3 Å². The van der Waals surface area contributed by atoms with Gasteiger partial charge in [-0.25, -0.2) is 4.98 Å².